The molecule has 0 spiro atoms. The van der Waals surface area contributed by atoms with E-state index in [1.54, 1.807) is 13.2 Å². The third kappa shape index (κ3) is 3.02. The summed E-state index contributed by atoms with van der Waals surface area (Å²) in [4.78, 5) is 9.39. The van der Waals surface area contributed by atoms with Crippen LogP contribution in [0.2, 0.25) is 5.02 Å². The van der Waals surface area contributed by atoms with Crippen molar-refractivity contribution in [3.63, 3.8) is 0 Å². The van der Waals surface area contributed by atoms with Gasteiger partial charge in [0.2, 0.25) is 0 Å². The summed E-state index contributed by atoms with van der Waals surface area (Å²) in [5, 5.41) is 6.72. The Morgan fingerprint density at radius 2 is 2.00 bits per heavy atom. The van der Waals surface area contributed by atoms with Crippen LogP contribution in [0.25, 0.3) is 17.0 Å². The van der Waals surface area contributed by atoms with Crippen molar-refractivity contribution >= 4 is 39.4 Å². The Morgan fingerprint density at radius 1 is 1.15 bits per heavy atom. The second-order valence-electron chi connectivity index (χ2n) is 5.99. The Kier molecular flexibility index (Phi) is 4.30. The average molecular weight is 385 g/mol. The second-order valence-corrected chi connectivity index (χ2v) is 7.28. The van der Waals surface area contributed by atoms with E-state index < -0.39 is 0 Å². The SMILES string of the molecule is COc1ccc(Cl)cc1Nc1nc(-c2c(C)nc3cc(C)ccn23)cs1. The van der Waals surface area contributed by atoms with E-state index in [0.29, 0.717) is 10.8 Å². The molecule has 3 heterocycles. The molecule has 5 nitrogen and oxygen atoms in total. The molecule has 0 unspecified atom stereocenters. The van der Waals surface area contributed by atoms with Gasteiger partial charge in [-0.25, -0.2) is 9.97 Å². The molecule has 3 aromatic heterocycles. The summed E-state index contributed by atoms with van der Waals surface area (Å²) in [5.74, 6) is 0.715. The molecule has 0 aliphatic carbocycles. The van der Waals surface area contributed by atoms with Crippen molar-refractivity contribution in [3.05, 3.63) is 58.2 Å². The predicted molar refractivity (Wildman–Crippen MR) is 107 cm³/mol. The number of nitrogens with one attached hydrogen (secondary N) is 1. The normalized spacial score (nSPS) is 11.1. The average Bonchev–Trinajstić information content (AvgIpc) is 3.17. The summed E-state index contributed by atoms with van der Waals surface area (Å²) < 4.78 is 7.45. The summed E-state index contributed by atoms with van der Waals surface area (Å²) in [6.45, 7) is 4.07. The van der Waals surface area contributed by atoms with E-state index in [9.17, 15) is 0 Å². The number of halogens is 1. The molecule has 7 heteroatoms. The number of hydrogen-bond acceptors (Lipinski definition) is 5. The summed E-state index contributed by atoms with van der Waals surface area (Å²) in [7, 11) is 1.63. The maximum Gasteiger partial charge on any atom is 0.187 e. The number of benzene rings is 1. The highest BCUT2D eigenvalue weighted by atomic mass is 35.5. The topological polar surface area (TPSA) is 51.5 Å². The molecule has 0 saturated heterocycles. The minimum atomic E-state index is 0.637. The lowest BCUT2D eigenvalue weighted by atomic mass is 10.2. The minimum Gasteiger partial charge on any atom is -0.495 e. The molecule has 4 rings (SSSR count). The Morgan fingerprint density at radius 3 is 2.81 bits per heavy atom. The third-order valence-electron chi connectivity index (χ3n) is 4.11. The number of rotatable bonds is 4. The Hall–Kier alpha value is -2.57. The lowest BCUT2D eigenvalue weighted by Crippen LogP contribution is -1.95. The number of nitrogens with zero attached hydrogens (tertiary/aromatic N) is 3. The first-order valence-corrected chi connectivity index (χ1v) is 9.32. The number of pyridine rings is 1. The molecule has 0 fully saturated rings. The molecule has 0 aliphatic heterocycles. The van der Waals surface area contributed by atoms with Gasteiger partial charge >= 0.3 is 0 Å². The molecule has 0 aliphatic rings. The zero-order valence-corrected chi connectivity index (χ0v) is 16.1. The van der Waals surface area contributed by atoms with Gasteiger partial charge in [0.25, 0.3) is 0 Å². The van der Waals surface area contributed by atoms with Gasteiger partial charge in [0.1, 0.15) is 17.1 Å². The van der Waals surface area contributed by atoms with E-state index in [0.717, 1.165) is 33.5 Å². The lowest BCUT2D eigenvalue weighted by molar-refractivity contribution is 0.417. The number of anilines is 2. The van der Waals surface area contributed by atoms with Gasteiger partial charge in [-0.1, -0.05) is 11.6 Å². The van der Waals surface area contributed by atoms with Gasteiger partial charge in [0.15, 0.2) is 5.13 Å². The first-order chi connectivity index (χ1) is 12.5. The zero-order valence-electron chi connectivity index (χ0n) is 14.6. The predicted octanol–water partition coefficient (Wildman–Crippen LogP) is 5.48. The molecule has 1 N–H and O–H groups in total. The standard InChI is InChI=1S/C19H17ClN4OS/c1-11-6-7-24-17(8-11)21-12(2)18(24)15-10-26-19(23-15)22-14-9-13(20)4-5-16(14)25-3/h4-10H,1-3H3,(H,22,23). The molecule has 0 radical (unpaired) electrons. The number of imidazole rings is 1. The molecular weight excluding hydrogens is 368 g/mol. The van der Waals surface area contributed by atoms with Crippen LogP contribution in [-0.4, -0.2) is 21.5 Å². The van der Waals surface area contributed by atoms with Crippen molar-refractivity contribution in [2.24, 2.45) is 0 Å². The Balaban J connectivity index is 1.71. The van der Waals surface area contributed by atoms with E-state index in [4.69, 9.17) is 21.3 Å². The van der Waals surface area contributed by atoms with E-state index >= 15 is 0 Å². The maximum atomic E-state index is 6.10. The fourth-order valence-corrected chi connectivity index (χ4v) is 3.79. The van der Waals surface area contributed by atoms with Gasteiger partial charge in [-0.05, 0) is 49.7 Å². The van der Waals surface area contributed by atoms with Crippen LogP contribution in [0.1, 0.15) is 11.3 Å². The molecule has 0 saturated carbocycles. The van der Waals surface area contributed by atoms with Crippen molar-refractivity contribution in [2.75, 3.05) is 12.4 Å². The van der Waals surface area contributed by atoms with Crippen LogP contribution in [0.4, 0.5) is 10.8 Å². The van der Waals surface area contributed by atoms with Crippen molar-refractivity contribution in [2.45, 2.75) is 13.8 Å². The van der Waals surface area contributed by atoms with E-state index in [1.165, 1.54) is 16.9 Å². The molecule has 0 atom stereocenters. The first kappa shape index (κ1) is 16.9. The van der Waals surface area contributed by atoms with Gasteiger partial charge in [0.05, 0.1) is 24.2 Å². The number of methoxy groups -OCH3 is 1. The van der Waals surface area contributed by atoms with E-state index in [2.05, 4.69) is 33.8 Å². The van der Waals surface area contributed by atoms with E-state index in [1.807, 2.05) is 30.6 Å². The van der Waals surface area contributed by atoms with Crippen LogP contribution in [0.3, 0.4) is 0 Å². The number of thiazole rings is 1. The highest BCUT2D eigenvalue weighted by Gasteiger charge is 2.15. The monoisotopic (exact) mass is 384 g/mol. The summed E-state index contributed by atoms with van der Waals surface area (Å²) >= 11 is 7.63. The Bertz CT molecular complexity index is 1100. The molecule has 132 valence electrons. The summed E-state index contributed by atoms with van der Waals surface area (Å²) in [6, 6.07) is 9.58. The molecule has 0 amide bonds. The summed E-state index contributed by atoms with van der Waals surface area (Å²) in [5.41, 5.74) is 5.73. The number of aryl methyl sites for hydroxylation is 2. The van der Waals surface area contributed by atoms with Gasteiger partial charge in [-0.15, -0.1) is 11.3 Å². The van der Waals surface area contributed by atoms with Crippen LogP contribution in [0.5, 0.6) is 5.75 Å². The number of hydrogen-bond donors (Lipinski definition) is 1. The van der Waals surface area contributed by atoms with E-state index in [-0.39, 0.29) is 0 Å². The zero-order chi connectivity index (χ0) is 18.3. The van der Waals surface area contributed by atoms with Gasteiger partial charge in [0, 0.05) is 16.6 Å². The highest BCUT2D eigenvalue weighted by molar-refractivity contribution is 7.14. The minimum absolute atomic E-state index is 0.637. The van der Waals surface area contributed by atoms with Gasteiger partial charge in [-0.3, -0.25) is 4.40 Å². The molecule has 0 bridgehead atoms. The van der Waals surface area contributed by atoms with Crippen molar-refractivity contribution in [1.29, 1.82) is 0 Å². The largest absolute Gasteiger partial charge is 0.495 e. The van der Waals surface area contributed by atoms with Gasteiger partial charge < -0.3 is 10.1 Å². The molecular formula is C19H17ClN4OS. The van der Waals surface area contributed by atoms with Crippen molar-refractivity contribution < 1.29 is 4.74 Å². The molecule has 1 aromatic carbocycles. The number of ether oxygens (including phenoxy) is 1. The maximum absolute atomic E-state index is 6.10. The van der Waals surface area contributed by atoms with Crippen molar-refractivity contribution in [1.82, 2.24) is 14.4 Å². The first-order valence-electron chi connectivity index (χ1n) is 8.07. The van der Waals surface area contributed by atoms with Crippen LogP contribution < -0.4 is 10.1 Å². The fourth-order valence-electron chi connectivity index (χ4n) is 2.91. The third-order valence-corrected chi connectivity index (χ3v) is 5.10. The fraction of sp³-hybridized carbons (Fsp3) is 0.158. The molecule has 4 aromatic rings. The van der Waals surface area contributed by atoms with Crippen LogP contribution in [-0.2, 0) is 0 Å². The van der Waals surface area contributed by atoms with Crippen molar-refractivity contribution in [3.8, 4) is 17.1 Å². The molecule has 26 heavy (non-hydrogen) atoms. The van der Waals surface area contributed by atoms with Crippen LogP contribution in [0, 0.1) is 13.8 Å². The smallest absolute Gasteiger partial charge is 0.187 e. The van der Waals surface area contributed by atoms with Gasteiger partial charge in [-0.2, -0.15) is 0 Å². The number of fused-ring (bicyclic) bond motifs is 1. The van der Waals surface area contributed by atoms with Crippen LogP contribution >= 0.6 is 22.9 Å². The number of aromatic nitrogens is 3. The summed E-state index contributed by atoms with van der Waals surface area (Å²) in [6.07, 6.45) is 2.03. The quantitative estimate of drug-likeness (QED) is 0.506. The Labute approximate surface area is 160 Å². The lowest BCUT2D eigenvalue weighted by Gasteiger charge is -2.09. The van der Waals surface area contributed by atoms with Crippen LogP contribution in [0.15, 0.2) is 41.9 Å². The second kappa shape index (κ2) is 6.63. The highest BCUT2D eigenvalue weighted by Crippen LogP contribution is 2.34.